The Balaban J connectivity index is 1.90. The van der Waals surface area contributed by atoms with Crippen molar-refractivity contribution in [2.75, 3.05) is 20.8 Å². The highest BCUT2D eigenvalue weighted by Crippen LogP contribution is 2.50. The number of likely N-dealkylation sites (N-methyl/N-ethyl adjacent to an activating group) is 1. The van der Waals surface area contributed by atoms with E-state index in [0.717, 1.165) is 11.1 Å². The van der Waals surface area contributed by atoms with Crippen molar-refractivity contribution in [3.8, 4) is 11.8 Å². The fraction of sp³-hybridized carbons (Fsp3) is 0.579. The Morgan fingerprint density at radius 1 is 1.44 bits per heavy atom. The van der Waals surface area contributed by atoms with Gasteiger partial charge in [0.05, 0.1) is 31.7 Å². The van der Waals surface area contributed by atoms with Gasteiger partial charge in [0.2, 0.25) is 0 Å². The summed E-state index contributed by atoms with van der Waals surface area (Å²) in [5.41, 5.74) is 1.68. The lowest BCUT2D eigenvalue weighted by atomic mass is 9.80. The second-order valence-electron chi connectivity index (χ2n) is 7.54. The molecule has 0 amide bonds. The van der Waals surface area contributed by atoms with E-state index >= 15 is 0 Å². The van der Waals surface area contributed by atoms with Gasteiger partial charge in [0.1, 0.15) is 11.8 Å². The number of carbonyl (C=O) groups is 1. The maximum atomic E-state index is 11.9. The highest BCUT2D eigenvalue weighted by atomic mass is 35.5. The van der Waals surface area contributed by atoms with E-state index in [0.29, 0.717) is 23.6 Å². The van der Waals surface area contributed by atoms with Crippen molar-refractivity contribution in [2.45, 2.75) is 43.1 Å². The van der Waals surface area contributed by atoms with Gasteiger partial charge in [0.15, 0.2) is 0 Å². The van der Waals surface area contributed by atoms with Crippen LogP contribution in [0.25, 0.3) is 0 Å². The van der Waals surface area contributed by atoms with Gasteiger partial charge < -0.3 is 14.9 Å². The summed E-state index contributed by atoms with van der Waals surface area (Å²) in [5.74, 6) is -0.753. The molecule has 0 saturated carbocycles. The van der Waals surface area contributed by atoms with Crippen LogP contribution in [0.1, 0.15) is 23.6 Å². The number of methoxy groups -OCH3 is 1. The summed E-state index contributed by atoms with van der Waals surface area (Å²) in [6.07, 6.45) is 0.951. The van der Waals surface area contributed by atoms with Crippen LogP contribution in [0.2, 0.25) is 5.02 Å². The molecule has 2 fully saturated rings. The highest BCUT2D eigenvalue weighted by molar-refractivity contribution is 6.31. The standard InChI is InChI=1S/C19H22ClN3O4/c1-22-12-6-10(19(25)26)18(22)13-5-9-11(20)3-4-16(27-2)17(9)15(8-24)23(13)14(12)7-21/h3-4,10,12-15,18,24H,5-6,8H2,1-2H3,(H,25,26). The molecule has 0 aliphatic carbocycles. The minimum absolute atomic E-state index is 0.182. The minimum Gasteiger partial charge on any atom is -0.496 e. The summed E-state index contributed by atoms with van der Waals surface area (Å²) in [6, 6.07) is 4.32. The zero-order valence-electron chi connectivity index (χ0n) is 15.2. The molecule has 144 valence electrons. The Morgan fingerprint density at radius 3 is 2.78 bits per heavy atom. The van der Waals surface area contributed by atoms with Crippen molar-refractivity contribution in [3.63, 3.8) is 0 Å². The number of carboxylic acid groups (broad SMARTS) is 1. The number of ether oxygens (including phenoxy) is 1. The number of carboxylic acids is 1. The molecule has 2 saturated heterocycles. The molecular weight excluding hydrogens is 370 g/mol. The third-order valence-corrected chi connectivity index (χ3v) is 6.93. The fourth-order valence-electron chi connectivity index (χ4n) is 5.51. The number of aliphatic hydroxyl groups is 1. The monoisotopic (exact) mass is 391 g/mol. The van der Waals surface area contributed by atoms with Crippen molar-refractivity contribution in [1.82, 2.24) is 9.80 Å². The predicted octanol–water partition coefficient (Wildman–Crippen LogP) is 1.29. The van der Waals surface area contributed by atoms with Gasteiger partial charge in [0, 0.05) is 28.7 Å². The molecule has 3 aliphatic heterocycles. The maximum absolute atomic E-state index is 11.9. The molecule has 4 rings (SSSR count). The molecule has 8 heteroatoms. The lowest BCUT2D eigenvalue weighted by Crippen LogP contribution is -2.67. The Labute approximate surface area is 162 Å². The second-order valence-corrected chi connectivity index (χ2v) is 7.94. The number of hydrogen-bond donors (Lipinski definition) is 2. The summed E-state index contributed by atoms with van der Waals surface area (Å²) >= 11 is 6.48. The van der Waals surface area contributed by atoms with Crippen molar-refractivity contribution in [1.29, 1.82) is 5.26 Å². The van der Waals surface area contributed by atoms with Crippen LogP contribution in [-0.4, -0.2) is 70.9 Å². The zero-order valence-corrected chi connectivity index (χ0v) is 15.9. The number of rotatable bonds is 3. The number of aliphatic hydroxyl groups excluding tert-OH is 1. The molecule has 27 heavy (non-hydrogen) atoms. The van der Waals surface area contributed by atoms with E-state index in [1.807, 2.05) is 16.8 Å². The summed E-state index contributed by atoms with van der Waals surface area (Å²) in [4.78, 5) is 16.0. The van der Waals surface area contributed by atoms with Gasteiger partial charge in [-0.2, -0.15) is 5.26 Å². The fourth-order valence-corrected chi connectivity index (χ4v) is 5.75. The van der Waals surface area contributed by atoms with Crippen LogP contribution >= 0.6 is 11.6 Å². The Bertz CT molecular complexity index is 826. The van der Waals surface area contributed by atoms with E-state index in [4.69, 9.17) is 16.3 Å². The van der Waals surface area contributed by atoms with Crippen LogP contribution in [0.4, 0.5) is 0 Å². The summed E-state index contributed by atoms with van der Waals surface area (Å²) < 4.78 is 5.51. The molecule has 0 spiro atoms. The van der Waals surface area contributed by atoms with Crippen molar-refractivity contribution in [3.05, 3.63) is 28.3 Å². The number of halogens is 1. The third-order valence-electron chi connectivity index (χ3n) is 6.57. The van der Waals surface area contributed by atoms with Crippen LogP contribution in [0.15, 0.2) is 12.1 Å². The van der Waals surface area contributed by atoms with Gasteiger partial charge in [-0.1, -0.05) is 11.6 Å². The smallest absolute Gasteiger partial charge is 0.308 e. The first kappa shape index (κ1) is 18.5. The highest BCUT2D eigenvalue weighted by Gasteiger charge is 2.59. The minimum atomic E-state index is -0.837. The van der Waals surface area contributed by atoms with Crippen LogP contribution < -0.4 is 4.74 Å². The number of aliphatic carboxylic acids is 1. The first-order chi connectivity index (χ1) is 12.9. The third kappa shape index (κ3) is 2.48. The van der Waals surface area contributed by atoms with E-state index in [-0.39, 0.29) is 24.7 Å². The van der Waals surface area contributed by atoms with Crippen LogP contribution in [0, 0.1) is 17.2 Å². The van der Waals surface area contributed by atoms with Crippen molar-refractivity contribution in [2.24, 2.45) is 5.92 Å². The van der Waals surface area contributed by atoms with Gasteiger partial charge in [-0.15, -0.1) is 0 Å². The molecule has 3 heterocycles. The molecule has 3 aliphatic rings. The van der Waals surface area contributed by atoms with Crippen molar-refractivity contribution >= 4 is 17.6 Å². The summed E-state index contributed by atoms with van der Waals surface area (Å²) in [6.45, 7) is -0.195. The molecule has 2 N–H and O–H groups in total. The first-order valence-corrected chi connectivity index (χ1v) is 9.40. The molecule has 1 aromatic rings. The summed E-state index contributed by atoms with van der Waals surface area (Å²) in [7, 11) is 3.47. The molecule has 6 atom stereocenters. The topological polar surface area (TPSA) is 97.0 Å². The first-order valence-electron chi connectivity index (χ1n) is 9.02. The lowest BCUT2D eigenvalue weighted by molar-refractivity contribution is -0.144. The Morgan fingerprint density at radius 2 is 2.19 bits per heavy atom. The van der Waals surface area contributed by atoms with E-state index < -0.39 is 24.0 Å². The Hall–Kier alpha value is -1.85. The lowest BCUT2D eigenvalue weighted by Gasteiger charge is -2.54. The largest absolute Gasteiger partial charge is 0.496 e. The van der Waals surface area contributed by atoms with Crippen molar-refractivity contribution < 1.29 is 19.7 Å². The van der Waals surface area contributed by atoms with Gasteiger partial charge in [-0.25, -0.2) is 0 Å². The normalized spacial score (nSPS) is 35.2. The zero-order chi connectivity index (χ0) is 19.5. The number of nitriles is 1. The quantitative estimate of drug-likeness (QED) is 0.801. The number of piperazine rings is 1. The van der Waals surface area contributed by atoms with Crippen LogP contribution in [-0.2, 0) is 11.2 Å². The van der Waals surface area contributed by atoms with Gasteiger partial charge >= 0.3 is 5.97 Å². The number of fused-ring (bicyclic) bond motifs is 5. The molecule has 0 aromatic heterocycles. The second kappa shape index (κ2) is 6.64. The van der Waals surface area contributed by atoms with Gasteiger partial charge in [-0.05, 0) is 37.6 Å². The molecule has 7 nitrogen and oxygen atoms in total. The molecule has 1 aromatic carbocycles. The summed E-state index contributed by atoms with van der Waals surface area (Å²) in [5, 5.41) is 30.5. The van der Waals surface area contributed by atoms with E-state index in [9.17, 15) is 20.3 Å². The van der Waals surface area contributed by atoms with E-state index in [2.05, 4.69) is 6.07 Å². The van der Waals surface area contributed by atoms with Crippen LogP contribution in [0.5, 0.6) is 5.75 Å². The molecule has 0 radical (unpaired) electrons. The van der Waals surface area contributed by atoms with Gasteiger partial charge in [0.25, 0.3) is 0 Å². The average Bonchev–Trinajstić information content (AvgIpc) is 2.91. The Kier molecular flexibility index (Phi) is 4.55. The van der Waals surface area contributed by atoms with Crippen LogP contribution in [0.3, 0.4) is 0 Å². The van der Waals surface area contributed by atoms with E-state index in [1.165, 1.54) is 0 Å². The number of nitrogens with zero attached hydrogens (tertiary/aromatic N) is 3. The molecule has 2 bridgehead atoms. The average molecular weight is 392 g/mol. The van der Waals surface area contributed by atoms with E-state index in [1.54, 1.807) is 19.2 Å². The maximum Gasteiger partial charge on any atom is 0.308 e. The number of benzene rings is 1. The SMILES string of the molecule is COc1ccc(Cl)c2c1C(CO)N1C(C#N)C3CC(C(=O)O)C(C1C2)N3C. The predicted molar refractivity (Wildman–Crippen MR) is 97.6 cm³/mol. The molecule has 6 unspecified atom stereocenters. The molecular formula is C19H22ClN3O4. The van der Waals surface area contributed by atoms with Gasteiger partial charge in [-0.3, -0.25) is 14.6 Å². The number of hydrogen-bond acceptors (Lipinski definition) is 6.